The first-order valence-electron chi connectivity index (χ1n) is 6.94. The first-order valence-corrected chi connectivity index (χ1v) is 6.94. The summed E-state index contributed by atoms with van der Waals surface area (Å²) in [6, 6.07) is 5.46. The number of hydrogen-bond acceptors (Lipinski definition) is 3. The van der Waals surface area contributed by atoms with Gasteiger partial charge in [-0.2, -0.15) is 0 Å². The van der Waals surface area contributed by atoms with Gasteiger partial charge in [-0.15, -0.1) is 0 Å². The Bertz CT molecular complexity index is 384. The van der Waals surface area contributed by atoms with Crippen LogP contribution >= 0.6 is 0 Å². The maximum Gasteiger partial charge on any atom is 0.173 e. The van der Waals surface area contributed by atoms with E-state index in [-0.39, 0.29) is 11.7 Å². The Morgan fingerprint density at radius 3 is 1.89 bits per heavy atom. The fraction of sp³-hybridized carbons (Fsp3) is 0.562. The van der Waals surface area contributed by atoms with Gasteiger partial charge in [-0.3, -0.25) is 4.79 Å². The average molecular weight is 264 g/mol. The lowest BCUT2D eigenvalue weighted by molar-refractivity contribution is 0.0898. The van der Waals surface area contributed by atoms with Gasteiger partial charge in [-0.25, -0.2) is 0 Å². The van der Waals surface area contributed by atoms with E-state index >= 15 is 0 Å². The van der Waals surface area contributed by atoms with Crippen molar-refractivity contribution in [1.82, 2.24) is 0 Å². The largest absolute Gasteiger partial charge is 0.496 e. The number of methoxy groups -OCH3 is 2. The molecule has 0 saturated carbocycles. The fourth-order valence-corrected chi connectivity index (χ4v) is 2.40. The zero-order chi connectivity index (χ0) is 14.3. The highest BCUT2D eigenvalue weighted by atomic mass is 16.5. The van der Waals surface area contributed by atoms with Crippen molar-refractivity contribution in [2.24, 2.45) is 5.92 Å². The standard InChI is InChI=1S/C16H24O3/c1-5-8-12(9-6-2)16(17)15-13(18-3)10-7-11-14(15)19-4/h7,10-12H,5-6,8-9H2,1-4H3. The average Bonchev–Trinajstić information content (AvgIpc) is 2.45. The Morgan fingerprint density at radius 1 is 1.05 bits per heavy atom. The van der Waals surface area contributed by atoms with Crippen LogP contribution in [0.25, 0.3) is 0 Å². The Balaban J connectivity index is 3.14. The summed E-state index contributed by atoms with van der Waals surface area (Å²) in [5.41, 5.74) is 0.583. The van der Waals surface area contributed by atoms with Crippen LogP contribution in [0.2, 0.25) is 0 Å². The van der Waals surface area contributed by atoms with Crippen LogP contribution in [-0.2, 0) is 0 Å². The maximum atomic E-state index is 12.7. The van der Waals surface area contributed by atoms with E-state index < -0.39 is 0 Å². The van der Waals surface area contributed by atoms with Gasteiger partial charge in [0.25, 0.3) is 0 Å². The van der Waals surface area contributed by atoms with Crippen molar-refractivity contribution < 1.29 is 14.3 Å². The molecule has 0 bridgehead atoms. The van der Waals surface area contributed by atoms with Gasteiger partial charge in [0.15, 0.2) is 5.78 Å². The van der Waals surface area contributed by atoms with Crippen LogP contribution in [0.1, 0.15) is 49.9 Å². The summed E-state index contributed by atoms with van der Waals surface area (Å²) in [6.45, 7) is 4.21. The van der Waals surface area contributed by atoms with E-state index in [0.717, 1.165) is 25.7 Å². The maximum absolute atomic E-state index is 12.7. The quantitative estimate of drug-likeness (QED) is 0.663. The molecule has 106 valence electrons. The topological polar surface area (TPSA) is 35.5 Å². The van der Waals surface area contributed by atoms with Gasteiger partial charge < -0.3 is 9.47 Å². The minimum absolute atomic E-state index is 0.0557. The molecule has 0 saturated heterocycles. The summed E-state index contributed by atoms with van der Waals surface area (Å²) in [5, 5.41) is 0. The van der Waals surface area contributed by atoms with Gasteiger partial charge in [-0.1, -0.05) is 32.8 Å². The number of benzene rings is 1. The predicted molar refractivity (Wildman–Crippen MR) is 77.2 cm³/mol. The third kappa shape index (κ3) is 3.72. The summed E-state index contributed by atoms with van der Waals surface area (Å²) >= 11 is 0. The molecule has 0 N–H and O–H groups in total. The van der Waals surface area contributed by atoms with E-state index in [4.69, 9.17) is 9.47 Å². The number of carbonyl (C=O) groups is 1. The molecule has 19 heavy (non-hydrogen) atoms. The lowest BCUT2D eigenvalue weighted by Crippen LogP contribution is -2.16. The molecule has 0 fully saturated rings. The van der Waals surface area contributed by atoms with Crippen molar-refractivity contribution in [3.63, 3.8) is 0 Å². The van der Waals surface area contributed by atoms with E-state index in [1.165, 1.54) is 0 Å². The summed E-state index contributed by atoms with van der Waals surface area (Å²) in [7, 11) is 3.17. The molecule has 0 aliphatic heterocycles. The molecular weight excluding hydrogens is 240 g/mol. The predicted octanol–water partition coefficient (Wildman–Crippen LogP) is 4.10. The molecule has 0 atom stereocenters. The van der Waals surface area contributed by atoms with E-state index in [2.05, 4.69) is 13.8 Å². The molecule has 1 aromatic rings. The van der Waals surface area contributed by atoms with Crippen molar-refractivity contribution in [3.05, 3.63) is 23.8 Å². The minimum atomic E-state index is 0.0557. The molecule has 0 aliphatic rings. The molecule has 0 unspecified atom stereocenters. The second-order valence-corrected chi connectivity index (χ2v) is 4.68. The van der Waals surface area contributed by atoms with Crippen LogP contribution in [0.3, 0.4) is 0 Å². The zero-order valence-corrected chi connectivity index (χ0v) is 12.4. The SMILES string of the molecule is CCCC(CCC)C(=O)c1c(OC)cccc1OC. The highest BCUT2D eigenvalue weighted by Crippen LogP contribution is 2.32. The van der Waals surface area contributed by atoms with E-state index in [0.29, 0.717) is 17.1 Å². The monoisotopic (exact) mass is 264 g/mol. The normalized spacial score (nSPS) is 10.6. The fourth-order valence-electron chi connectivity index (χ4n) is 2.40. The second kappa shape index (κ2) is 7.82. The van der Waals surface area contributed by atoms with Crippen LogP contribution in [0.4, 0.5) is 0 Å². The van der Waals surface area contributed by atoms with Crippen molar-refractivity contribution in [2.45, 2.75) is 39.5 Å². The molecule has 0 radical (unpaired) electrons. The molecule has 0 aliphatic carbocycles. The van der Waals surface area contributed by atoms with Crippen molar-refractivity contribution in [3.8, 4) is 11.5 Å². The number of rotatable bonds is 8. The van der Waals surface area contributed by atoms with Crippen LogP contribution in [-0.4, -0.2) is 20.0 Å². The molecular formula is C16H24O3. The molecule has 1 rings (SSSR count). The van der Waals surface area contributed by atoms with Gasteiger partial charge in [-0.05, 0) is 25.0 Å². The van der Waals surface area contributed by atoms with Crippen molar-refractivity contribution in [2.75, 3.05) is 14.2 Å². The highest BCUT2D eigenvalue weighted by Gasteiger charge is 2.25. The summed E-state index contributed by atoms with van der Waals surface area (Å²) in [6.07, 6.45) is 3.84. The zero-order valence-electron chi connectivity index (χ0n) is 12.4. The molecule has 0 amide bonds. The third-order valence-corrected chi connectivity index (χ3v) is 3.32. The smallest absolute Gasteiger partial charge is 0.173 e. The van der Waals surface area contributed by atoms with Gasteiger partial charge >= 0.3 is 0 Å². The second-order valence-electron chi connectivity index (χ2n) is 4.68. The highest BCUT2D eigenvalue weighted by molar-refractivity contribution is 6.02. The molecule has 0 heterocycles. The number of ketones is 1. The van der Waals surface area contributed by atoms with Crippen LogP contribution < -0.4 is 9.47 Å². The van der Waals surface area contributed by atoms with Gasteiger partial charge in [0, 0.05) is 5.92 Å². The number of hydrogen-bond donors (Lipinski definition) is 0. The van der Waals surface area contributed by atoms with Crippen LogP contribution in [0.15, 0.2) is 18.2 Å². The van der Waals surface area contributed by atoms with Crippen LogP contribution in [0.5, 0.6) is 11.5 Å². The first-order chi connectivity index (χ1) is 9.19. The van der Waals surface area contributed by atoms with Gasteiger partial charge in [0.2, 0.25) is 0 Å². The number of Topliss-reactive ketones (excluding diaryl/α,β-unsaturated/α-hetero) is 1. The number of ether oxygens (including phenoxy) is 2. The van der Waals surface area contributed by atoms with Gasteiger partial charge in [0.05, 0.1) is 14.2 Å². The Hall–Kier alpha value is -1.51. The van der Waals surface area contributed by atoms with Crippen LogP contribution in [0, 0.1) is 5.92 Å². The Labute approximate surface area is 115 Å². The lowest BCUT2D eigenvalue weighted by atomic mass is 9.89. The van der Waals surface area contributed by atoms with Crippen molar-refractivity contribution in [1.29, 1.82) is 0 Å². The van der Waals surface area contributed by atoms with E-state index in [1.54, 1.807) is 14.2 Å². The van der Waals surface area contributed by atoms with Gasteiger partial charge in [0.1, 0.15) is 17.1 Å². The lowest BCUT2D eigenvalue weighted by Gasteiger charge is -2.18. The summed E-state index contributed by atoms with van der Waals surface area (Å²) in [4.78, 5) is 12.7. The first kappa shape index (κ1) is 15.5. The van der Waals surface area contributed by atoms with E-state index in [9.17, 15) is 4.79 Å². The Morgan fingerprint density at radius 2 is 1.53 bits per heavy atom. The third-order valence-electron chi connectivity index (χ3n) is 3.32. The summed E-state index contributed by atoms with van der Waals surface area (Å²) in [5.74, 6) is 1.39. The minimum Gasteiger partial charge on any atom is -0.496 e. The van der Waals surface area contributed by atoms with E-state index in [1.807, 2.05) is 18.2 Å². The van der Waals surface area contributed by atoms with Crippen molar-refractivity contribution >= 4 is 5.78 Å². The molecule has 0 aromatic heterocycles. The molecule has 1 aromatic carbocycles. The molecule has 0 spiro atoms. The Kier molecular flexibility index (Phi) is 6.40. The number of carbonyl (C=O) groups excluding carboxylic acids is 1. The molecule has 3 heteroatoms. The summed E-state index contributed by atoms with van der Waals surface area (Å²) < 4.78 is 10.6. The molecule has 3 nitrogen and oxygen atoms in total.